The van der Waals surface area contributed by atoms with Crippen molar-refractivity contribution in [3.05, 3.63) is 24.0 Å². The number of aromatic nitrogens is 1. The number of hydrogen-bond acceptors (Lipinski definition) is 4. The highest BCUT2D eigenvalue weighted by molar-refractivity contribution is 5.92. The molecule has 1 saturated heterocycles. The lowest BCUT2D eigenvalue weighted by atomic mass is 10.1. The summed E-state index contributed by atoms with van der Waals surface area (Å²) in [7, 11) is 1.73. The largest absolute Gasteiger partial charge is 0.384 e. The molecule has 0 saturated carbocycles. The van der Waals surface area contributed by atoms with Gasteiger partial charge in [-0.1, -0.05) is 6.92 Å². The molecule has 0 aromatic carbocycles. The number of piperidine rings is 1. The number of pyridine rings is 1. The zero-order valence-electron chi connectivity index (χ0n) is 12.3. The molecule has 5 heteroatoms. The lowest BCUT2D eigenvalue weighted by Crippen LogP contribution is -2.40. The fraction of sp³-hybridized carbons (Fsp3) is 0.600. The minimum absolute atomic E-state index is 0.0154. The minimum Gasteiger partial charge on any atom is -0.384 e. The van der Waals surface area contributed by atoms with Gasteiger partial charge < -0.3 is 15.0 Å². The molecule has 1 N–H and O–H groups in total. The maximum absolute atomic E-state index is 12.3. The zero-order valence-corrected chi connectivity index (χ0v) is 12.3. The average Bonchev–Trinajstić information content (AvgIpc) is 2.53. The lowest BCUT2D eigenvalue weighted by Gasteiger charge is -2.31. The molecule has 0 bridgehead atoms. The van der Waals surface area contributed by atoms with Gasteiger partial charge in [0.15, 0.2) is 0 Å². The van der Waals surface area contributed by atoms with Gasteiger partial charge in [-0.2, -0.15) is 0 Å². The molecule has 1 aromatic rings. The van der Waals surface area contributed by atoms with Crippen molar-refractivity contribution in [1.82, 2.24) is 9.88 Å². The highest BCUT2D eigenvalue weighted by Gasteiger charge is 2.23. The molecule has 0 unspecified atom stereocenters. The third kappa shape index (κ3) is 3.70. The van der Waals surface area contributed by atoms with E-state index in [-0.39, 0.29) is 12.0 Å². The van der Waals surface area contributed by atoms with Crippen LogP contribution in [-0.2, 0) is 4.74 Å². The number of nitrogens with zero attached hydrogens (tertiary/aromatic N) is 2. The maximum atomic E-state index is 12.3. The summed E-state index contributed by atoms with van der Waals surface area (Å²) in [6.07, 6.45) is 4.88. The highest BCUT2D eigenvalue weighted by Crippen LogP contribution is 2.15. The quantitative estimate of drug-likeness (QED) is 0.896. The molecule has 0 aliphatic carbocycles. The van der Waals surface area contributed by atoms with Crippen molar-refractivity contribution in [2.75, 3.05) is 32.1 Å². The molecule has 1 aliphatic heterocycles. The Morgan fingerprint density at radius 1 is 1.45 bits per heavy atom. The highest BCUT2D eigenvalue weighted by atomic mass is 16.5. The number of carbonyl (C=O) groups excluding carboxylic acids is 1. The van der Waals surface area contributed by atoms with Gasteiger partial charge in [0.05, 0.1) is 18.0 Å². The Hall–Kier alpha value is -1.62. The Morgan fingerprint density at radius 3 is 2.75 bits per heavy atom. The minimum atomic E-state index is 0.0154. The number of carbonyl (C=O) groups is 1. The molecule has 110 valence electrons. The SMILES string of the molecule is CCCNc1ccc(C(=O)N2CCC(OC)CC2)nc1. The maximum Gasteiger partial charge on any atom is 0.272 e. The Labute approximate surface area is 120 Å². The molecular weight excluding hydrogens is 254 g/mol. The summed E-state index contributed by atoms with van der Waals surface area (Å²) in [5, 5.41) is 3.25. The summed E-state index contributed by atoms with van der Waals surface area (Å²) in [6.45, 7) is 4.52. The van der Waals surface area contributed by atoms with Crippen LogP contribution >= 0.6 is 0 Å². The summed E-state index contributed by atoms with van der Waals surface area (Å²) >= 11 is 0. The van der Waals surface area contributed by atoms with E-state index in [2.05, 4.69) is 17.2 Å². The standard InChI is InChI=1S/C15H23N3O2/c1-3-8-16-12-4-5-14(17-11-12)15(19)18-9-6-13(20-2)7-10-18/h4-5,11,13,16H,3,6-10H2,1-2H3. The summed E-state index contributed by atoms with van der Waals surface area (Å²) in [4.78, 5) is 18.4. The molecule has 20 heavy (non-hydrogen) atoms. The Morgan fingerprint density at radius 2 is 2.20 bits per heavy atom. The molecule has 0 atom stereocenters. The van der Waals surface area contributed by atoms with Gasteiger partial charge in [-0.05, 0) is 31.4 Å². The van der Waals surface area contributed by atoms with Crippen molar-refractivity contribution >= 4 is 11.6 Å². The second kappa shape index (κ2) is 7.24. The average molecular weight is 277 g/mol. The van der Waals surface area contributed by atoms with Gasteiger partial charge in [0.25, 0.3) is 5.91 Å². The predicted molar refractivity (Wildman–Crippen MR) is 79.0 cm³/mol. The van der Waals surface area contributed by atoms with Crippen molar-refractivity contribution in [3.63, 3.8) is 0 Å². The van der Waals surface area contributed by atoms with E-state index in [1.807, 2.05) is 11.0 Å². The van der Waals surface area contributed by atoms with E-state index in [0.29, 0.717) is 5.69 Å². The summed E-state index contributed by atoms with van der Waals surface area (Å²) in [6, 6.07) is 3.71. The van der Waals surface area contributed by atoms with E-state index in [1.54, 1.807) is 19.4 Å². The molecule has 2 rings (SSSR count). The van der Waals surface area contributed by atoms with Gasteiger partial charge >= 0.3 is 0 Å². The number of anilines is 1. The van der Waals surface area contributed by atoms with E-state index < -0.39 is 0 Å². The number of ether oxygens (including phenoxy) is 1. The van der Waals surface area contributed by atoms with Crippen LogP contribution in [0, 0.1) is 0 Å². The number of likely N-dealkylation sites (tertiary alicyclic amines) is 1. The fourth-order valence-electron chi connectivity index (χ4n) is 2.35. The molecule has 0 radical (unpaired) electrons. The Balaban J connectivity index is 1.92. The monoisotopic (exact) mass is 277 g/mol. The second-order valence-corrected chi connectivity index (χ2v) is 5.09. The Bertz CT molecular complexity index is 425. The van der Waals surface area contributed by atoms with Crippen molar-refractivity contribution < 1.29 is 9.53 Å². The van der Waals surface area contributed by atoms with E-state index in [1.165, 1.54) is 0 Å². The van der Waals surface area contributed by atoms with Crippen molar-refractivity contribution in [2.45, 2.75) is 32.3 Å². The first-order chi connectivity index (χ1) is 9.74. The first-order valence-corrected chi connectivity index (χ1v) is 7.26. The van der Waals surface area contributed by atoms with Gasteiger partial charge in [0.1, 0.15) is 5.69 Å². The normalized spacial score (nSPS) is 16.2. The van der Waals surface area contributed by atoms with Crippen LogP contribution in [0.25, 0.3) is 0 Å². The van der Waals surface area contributed by atoms with Crippen LogP contribution in [0.15, 0.2) is 18.3 Å². The van der Waals surface area contributed by atoms with E-state index in [4.69, 9.17) is 4.74 Å². The molecule has 1 aromatic heterocycles. The molecule has 1 fully saturated rings. The van der Waals surface area contributed by atoms with Crippen LogP contribution in [0.1, 0.15) is 36.7 Å². The lowest BCUT2D eigenvalue weighted by molar-refractivity contribution is 0.0347. The molecule has 1 amide bonds. The van der Waals surface area contributed by atoms with Gasteiger partial charge in [-0.15, -0.1) is 0 Å². The molecular formula is C15H23N3O2. The van der Waals surface area contributed by atoms with Gasteiger partial charge in [0, 0.05) is 26.7 Å². The van der Waals surface area contributed by atoms with E-state index in [0.717, 1.165) is 44.6 Å². The van der Waals surface area contributed by atoms with Crippen LogP contribution in [0.4, 0.5) is 5.69 Å². The zero-order chi connectivity index (χ0) is 14.4. The van der Waals surface area contributed by atoms with Crippen molar-refractivity contribution in [1.29, 1.82) is 0 Å². The van der Waals surface area contributed by atoms with Gasteiger partial charge in [0.2, 0.25) is 0 Å². The topological polar surface area (TPSA) is 54.5 Å². The third-order valence-electron chi connectivity index (χ3n) is 3.62. The first kappa shape index (κ1) is 14.8. The molecule has 2 heterocycles. The smallest absolute Gasteiger partial charge is 0.272 e. The van der Waals surface area contributed by atoms with E-state index in [9.17, 15) is 4.79 Å². The molecule has 5 nitrogen and oxygen atoms in total. The van der Waals surface area contributed by atoms with Crippen LogP contribution in [-0.4, -0.2) is 48.6 Å². The van der Waals surface area contributed by atoms with Crippen LogP contribution in [0.3, 0.4) is 0 Å². The summed E-state index contributed by atoms with van der Waals surface area (Å²) < 4.78 is 5.32. The molecule has 0 spiro atoms. The van der Waals surface area contributed by atoms with Crippen LogP contribution in [0.2, 0.25) is 0 Å². The first-order valence-electron chi connectivity index (χ1n) is 7.26. The predicted octanol–water partition coefficient (Wildman–Crippen LogP) is 2.15. The Kier molecular flexibility index (Phi) is 5.35. The van der Waals surface area contributed by atoms with Crippen molar-refractivity contribution in [2.24, 2.45) is 0 Å². The number of methoxy groups -OCH3 is 1. The fourth-order valence-corrected chi connectivity index (χ4v) is 2.35. The molecule has 1 aliphatic rings. The van der Waals surface area contributed by atoms with Crippen molar-refractivity contribution in [3.8, 4) is 0 Å². The summed E-state index contributed by atoms with van der Waals surface area (Å²) in [5.74, 6) is 0.0154. The number of rotatable bonds is 5. The number of nitrogens with one attached hydrogen (secondary N) is 1. The van der Waals surface area contributed by atoms with Gasteiger partial charge in [-0.3, -0.25) is 4.79 Å². The third-order valence-corrected chi connectivity index (χ3v) is 3.62. The second-order valence-electron chi connectivity index (χ2n) is 5.09. The number of hydrogen-bond donors (Lipinski definition) is 1. The van der Waals surface area contributed by atoms with Gasteiger partial charge in [-0.25, -0.2) is 4.98 Å². The summed E-state index contributed by atoms with van der Waals surface area (Å²) in [5.41, 5.74) is 1.48. The van der Waals surface area contributed by atoms with Crippen LogP contribution in [0.5, 0.6) is 0 Å². The van der Waals surface area contributed by atoms with Crippen LogP contribution < -0.4 is 5.32 Å². The van der Waals surface area contributed by atoms with E-state index >= 15 is 0 Å². The number of amides is 1.